The number of carbonyl (C=O) groups is 1. The van der Waals surface area contributed by atoms with Gasteiger partial charge in [0.1, 0.15) is 0 Å². The van der Waals surface area contributed by atoms with Crippen molar-refractivity contribution >= 4 is 23.7 Å². The van der Waals surface area contributed by atoms with Crippen LogP contribution in [0.4, 0.5) is 0 Å². The fourth-order valence-electron chi connectivity index (χ4n) is 2.37. The van der Waals surface area contributed by atoms with Crippen molar-refractivity contribution in [1.82, 2.24) is 5.32 Å². The summed E-state index contributed by atoms with van der Waals surface area (Å²) < 4.78 is 13.5. The van der Waals surface area contributed by atoms with Crippen molar-refractivity contribution in [2.24, 2.45) is 0 Å². The summed E-state index contributed by atoms with van der Waals surface area (Å²) in [7, 11) is -2.80. The molecule has 3 nitrogen and oxygen atoms in total. The highest BCUT2D eigenvalue weighted by atomic mass is 31.2. The van der Waals surface area contributed by atoms with E-state index in [0.717, 1.165) is 10.6 Å². The number of carbonyl (C=O) groups excluding carboxylic acids is 1. The van der Waals surface area contributed by atoms with Gasteiger partial charge >= 0.3 is 0 Å². The maximum atomic E-state index is 13.5. The number of amides is 1. The van der Waals surface area contributed by atoms with Gasteiger partial charge in [0.25, 0.3) is 0 Å². The maximum absolute atomic E-state index is 13.5. The molecule has 1 N–H and O–H groups in total. The largest absolute Gasteiger partial charge is 0.345 e. The first-order valence-corrected chi connectivity index (χ1v) is 7.99. The Balaban J connectivity index is 2.11. The summed E-state index contributed by atoms with van der Waals surface area (Å²) in [5.41, 5.74) is 0. The zero-order valence-electron chi connectivity index (χ0n) is 10.3. The SMILES string of the molecule is O=C1CC(P(=O)(c2ccccc2)c2ccccc2)N1. The molecule has 0 spiro atoms. The van der Waals surface area contributed by atoms with E-state index in [1.807, 2.05) is 60.7 Å². The van der Waals surface area contributed by atoms with Crippen molar-refractivity contribution in [3.63, 3.8) is 0 Å². The molecule has 1 fully saturated rings. The lowest BCUT2D eigenvalue weighted by molar-refractivity contribution is -0.126. The molecule has 96 valence electrons. The fraction of sp³-hybridized carbons (Fsp3) is 0.133. The molecule has 0 aromatic heterocycles. The molecule has 19 heavy (non-hydrogen) atoms. The fourth-order valence-corrected chi connectivity index (χ4v) is 5.36. The standard InChI is InChI=1S/C15H14NO2P/c17-14-11-15(16-14)19(18,12-7-3-1-4-8-12)13-9-5-2-6-10-13/h1-10,15H,11H2,(H,16,17). The highest BCUT2D eigenvalue weighted by Crippen LogP contribution is 2.50. The first-order valence-electron chi connectivity index (χ1n) is 6.21. The Morgan fingerprint density at radius 2 is 1.32 bits per heavy atom. The second-order valence-corrected chi connectivity index (χ2v) is 7.59. The van der Waals surface area contributed by atoms with E-state index >= 15 is 0 Å². The van der Waals surface area contributed by atoms with E-state index < -0.39 is 7.14 Å². The van der Waals surface area contributed by atoms with E-state index in [4.69, 9.17) is 0 Å². The number of hydrogen-bond acceptors (Lipinski definition) is 2. The highest BCUT2D eigenvalue weighted by Gasteiger charge is 2.43. The number of hydrogen-bond donors (Lipinski definition) is 1. The minimum atomic E-state index is -2.80. The van der Waals surface area contributed by atoms with Crippen LogP contribution in [0.25, 0.3) is 0 Å². The zero-order valence-corrected chi connectivity index (χ0v) is 11.2. The summed E-state index contributed by atoms with van der Waals surface area (Å²) in [6.07, 6.45) is 0.334. The molecule has 0 saturated carbocycles. The smallest absolute Gasteiger partial charge is 0.223 e. The van der Waals surface area contributed by atoms with E-state index in [1.165, 1.54) is 0 Å². The third-order valence-electron chi connectivity index (χ3n) is 3.42. The summed E-state index contributed by atoms with van der Waals surface area (Å²) in [5, 5.41) is 4.37. The quantitative estimate of drug-likeness (QED) is 0.684. The lowest BCUT2D eigenvalue weighted by atomic mass is 10.3. The van der Waals surface area contributed by atoms with Crippen molar-refractivity contribution in [3.05, 3.63) is 60.7 Å². The van der Waals surface area contributed by atoms with Gasteiger partial charge in [0.15, 0.2) is 7.14 Å². The summed E-state index contributed by atoms with van der Waals surface area (Å²) >= 11 is 0. The highest BCUT2D eigenvalue weighted by molar-refractivity contribution is 7.79. The molecular formula is C15H14NO2P. The van der Waals surface area contributed by atoms with Crippen molar-refractivity contribution in [1.29, 1.82) is 0 Å². The number of benzene rings is 2. The van der Waals surface area contributed by atoms with Crippen LogP contribution < -0.4 is 15.9 Å². The summed E-state index contributed by atoms with van der Waals surface area (Å²) in [5.74, 6) is -0.304. The molecule has 2 aromatic rings. The van der Waals surface area contributed by atoms with E-state index in [0.29, 0.717) is 6.42 Å². The molecular weight excluding hydrogens is 257 g/mol. The molecule has 0 bridgehead atoms. The van der Waals surface area contributed by atoms with Crippen LogP contribution in [0.2, 0.25) is 0 Å². The van der Waals surface area contributed by atoms with E-state index in [1.54, 1.807) is 0 Å². The van der Waals surface area contributed by atoms with Crippen LogP contribution in [0, 0.1) is 0 Å². The number of nitrogens with one attached hydrogen (secondary N) is 1. The first kappa shape index (κ1) is 12.2. The van der Waals surface area contributed by atoms with Gasteiger partial charge in [0.05, 0.1) is 12.2 Å². The minimum Gasteiger partial charge on any atom is -0.345 e. The van der Waals surface area contributed by atoms with E-state index in [2.05, 4.69) is 5.32 Å². The van der Waals surface area contributed by atoms with Gasteiger partial charge in [-0.3, -0.25) is 4.79 Å². The molecule has 1 heterocycles. The van der Waals surface area contributed by atoms with Crippen LogP contribution in [0.3, 0.4) is 0 Å². The normalized spacial score (nSPS) is 18.5. The monoisotopic (exact) mass is 271 g/mol. The molecule has 1 atom stereocenters. The molecule has 2 aromatic carbocycles. The molecule has 1 amide bonds. The molecule has 1 aliphatic heterocycles. The molecule has 4 heteroatoms. The van der Waals surface area contributed by atoms with Crippen LogP contribution in [0.15, 0.2) is 60.7 Å². The maximum Gasteiger partial charge on any atom is 0.223 e. The first-order chi connectivity index (χ1) is 9.21. The number of β-lactam (4-membered cyclic amide) rings is 1. The van der Waals surface area contributed by atoms with Crippen LogP contribution in [-0.4, -0.2) is 11.7 Å². The van der Waals surface area contributed by atoms with Crippen LogP contribution in [0.1, 0.15) is 6.42 Å². The van der Waals surface area contributed by atoms with Gasteiger partial charge < -0.3 is 9.88 Å². The molecule has 1 saturated heterocycles. The van der Waals surface area contributed by atoms with Gasteiger partial charge in [-0.1, -0.05) is 60.7 Å². The molecule has 0 aliphatic carbocycles. The second-order valence-electron chi connectivity index (χ2n) is 4.62. The molecule has 1 aliphatic rings. The van der Waals surface area contributed by atoms with Crippen LogP contribution >= 0.6 is 7.14 Å². The molecule has 3 rings (SSSR count). The zero-order chi connectivity index (χ0) is 13.3. The third-order valence-corrected chi connectivity index (χ3v) is 6.74. The van der Waals surface area contributed by atoms with Crippen molar-refractivity contribution in [2.45, 2.75) is 12.2 Å². The predicted molar refractivity (Wildman–Crippen MR) is 76.3 cm³/mol. The molecule has 0 radical (unpaired) electrons. The van der Waals surface area contributed by atoms with Gasteiger partial charge in [-0.05, 0) is 0 Å². The molecule has 1 unspecified atom stereocenters. The Labute approximate surface area is 112 Å². The summed E-state index contributed by atoms with van der Waals surface area (Å²) in [6, 6.07) is 18.8. The van der Waals surface area contributed by atoms with Gasteiger partial charge in [-0.15, -0.1) is 0 Å². The van der Waals surface area contributed by atoms with E-state index in [-0.39, 0.29) is 11.7 Å². The Hall–Kier alpha value is -1.86. The van der Waals surface area contributed by atoms with Gasteiger partial charge in [-0.25, -0.2) is 0 Å². The lowest BCUT2D eigenvalue weighted by Gasteiger charge is -2.35. The average Bonchev–Trinajstić information content (AvgIpc) is 2.45. The topological polar surface area (TPSA) is 46.2 Å². The van der Waals surface area contributed by atoms with Crippen molar-refractivity contribution < 1.29 is 9.36 Å². The van der Waals surface area contributed by atoms with E-state index in [9.17, 15) is 9.36 Å². The van der Waals surface area contributed by atoms with Gasteiger partial charge in [0.2, 0.25) is 5.91 Å². The Bertz CT molecular complexity index is 588. The van der Waals surface area contributed by atoms with Crippen LogP contribution in [0.5, 0.6) is 0 Å². The Morgan fingerprint density at radius 3 is 1.68 bits per heavy atom. The summed E-state index contributed by atoms with van der Waals surface area (Å²) in [6.45, 7) is 0. The predicted octanol–water partition coefficient (Wildman–Crippen LogP) is 1.85. The third kappa shape index (κ3) is 2.00. The Kier molecular flexibility index (Phi) is 3.00. The van der Waals surface area contributed by atoms with Crippen molar-refractivity contribution in [2.75, 3.05) is 0 Å². The van der Waals surface area contributed by atoms with Crippen LogP contribution in [-0.2, 0) is 9.36 Å². The minimum absolute atomic E-state index is 0.0305. The Morgan fingerprint density at radius 1 is 0.895 bits per heavy atom. The van der Waals surface area contributed by atoms with Crippen molar-refractivity contribution in [3.8, 4) is 0 Å². The average molecular weight is 271 g/mol. The lowest BCUT2D eigenvalue weighted by Crippen LogP contribution is -2.51. The van der Waals surface area contributed by atoms with Gasteiger partial charge in [0, 0.05) is 10.6 Å². The second kappa shape index (κ2) is 4.67. The van der Waals surface area contributed by atoms with Gasteiger partial charge in [-0.2, -0.15) is 0 Å². The number of rotatable bonds is 3. The summed E-state index contributed by atoms with van der Waals surface area (Å²) in [4.78, 5) is 11.2.